The van der Waals surface area contributed by atoms with Gasteiger partial charge in [-0.25, -0.2) is 0 Å². The molecule has 0 aliphatic rings. The molecule has 0 aromatic heterocycles. The fraction of sp³-hybridized carbons (Fsp3) is 0.947. The third-order valence-electron chi connectivity index (χ3n) is 4.36. The molecule has 0 heterocycles. The maximum atomic E-state index is 10.6. The van der Waals surface area contributed by atoms with Crippen molar-refractivity contribution in [1.82, 2.24) is 0 Å². The highest BCUT2D eigenvalue weighted by molar-refractivity contribution is 6.63. The third-order valence-corrected chi connectivity index (χ3v) is 4.55. The number of halogens is 1. The van der Waals surface area contributed by atoms with Gasteiger partial charge >= 0.3 is 0 Å². The van der Waals surface area contributed by atoms with Gasteiger partial charge in [-0.2, -0.15) is 0 Å². The first kappa shape index (κ1) is 21.9. The molecule has 0 saturated carbocycles. The van der Waals surface area contributed by atoms with Gasteiger partial charge in [-0.15, -0.1) is 0 Å². The van der Waals surface area contributed by atoms with Gasteiger partial charge in [0.05, 0.1) is 6.10 Å². The normalized spacial score (nSPS) is 12.5. The molecule has 0 N–H and O–H groups in total. The van der Waals surface area contributed by atoms with E-state index < -0.39 is 0 Å². The fourth-order valence-corrected chi connectivity index (χ4v) is 3.01. The summed E-state index contributed by atoms with van der Waals surface area (Å²) in [6.07, 6.45) is 18.7. The van der Waals surface area contributed by atoms with Gasteiger partial charge in [0.25, 0.3) is 0 Å². The lowest BCUT2D eigenvalue weighted by Gasteiger charge is -2.15. The lowest BCUT2D eigenvalue weighted by atomic mass is 10.0. The Hall–Kier alpha value is -0.0800. The smallest absolute Gasteiger partial charge is 0.221 e. The highest BCUT2D eigenvalue weighted by Gasteiger charge is 2.06. The fourth-order valence-electron chi connectivity index (χ4n) is 2.88. The van der Waals surface area contributed by atoms with E-state index in [9.17, 15) is 4.79 Å². The van der Waals surface area contributed by atoms with Crippen LogP contribution in [0.4, 0.5) is 0 Å². The molecule has 0 saturated heterocycles. The van der Waals surface area contributed by atoms with E-state index in [1.54, 1.807) is 0 Å². The molecule has 0 amide bonds. The van der Waals surface area contributed by atoms with Gasteiger partial charge < -0.3 is 4.74 Å². The van der Waals surface area contributed by atoms with Crippen molar-refractivity contribution in [2.75, 3.05) is 7.11 Å². The van der Waals surface area contributed by atoms with Crippen molar-refractivity contribution in [2.45, 2.75) is 109 Å². The molecule has 0 fully saturated rings. The number of unbranched alkanes of at least 4 members (excludes halogenated alkanes) is 10. The number of carbonyl (C=O) groups is 1. The van der Waals surface area contributed by atoms with E-state index in [4.69, 9.17) is 16.3 Å². The average Bonchev–Trinajstić information content (AvgIpc) is 2.50. The van der Waals surface area contributed by atoms with Crippen LogP contribution in [0.15, 0.2) is 0 Å². The number of methoxy groups -OCH3 is 1. The molecule has 0 spiro atoms. The molecule has 0 rings (SSSR count). The largest absolute Gasteiger partial charge is 0.381 e. The number of hydrogen-bond acceptors (Lipinski definition) is 2. The van der Waals surface area contributed by atoms with Crippen LogP contribution in [0.1, 0.15) is 103 Å². The second-order valence-electron chi connectivity index (χ2n) is 6.43. The van der Waals surface area contributed by atoms with Crippen LogP contribution in [0, 0.1) is 0 Å². The van der Waals surface area contributed by atoms with Crippen molar-refractivity contribution >= 4 is 16.8 Å². The molecule has 0 radical (unpaired) electrons. The minimum atomic E-state index is -0.197. The van der Waals surface area contributed by atoms with Crippen LogP contribution < -0.4 is 0 Å². The number of carbonyl (C=O) groups excluding carboxylic acids is 1. The second kappa shape index (κ2) is 17.3. The monoisotopic (exact) mass is 332 g/mol. The summed E-state index contributed by atoms with van der Waals surface area (Å²) in [6, 6.07) is 0. The van der Waals surface area contributed by atoms with Crippen LogP contribution in [-0.4, -0.2) is 18.5 Å². The molecule has 22 heavy (non-hydrogen) atoms. The second-order valence-corrected chi connectivity index (χ2v) is 6.85. The van der Waals surface area contributed by atoms with Crippen molar-refractivity contribution in [3.63, 3.8) is 0 Å². The van der Waals surface area contributed by atoms with Crippen LogP contribution >= 0.6 is 11.6 Å². The van der Waals surface area contributed by atoms with Gasteiger partial charge in [-0.3, -0.25) is 4.79 Å². The topological polar surface area (TPSA) is 26.3 Å². The summed E-state index contributed by atoms with van der Waals surface area (Å²) >= 11 is 5.32. The molecule has 132 valence electrons. The summed E-state index contributed by atoms with van der Waals surface area (Å²) in [6.45, 7) is 2.26. The maximum Gasteiger partial charge on any atom is 0.221 e. The molecule has 3 heteroatoms. The molecule has 1 unspecified atom stereocenters. The minimum absolute atomic E-state index is 0.197. The van der Waals surface area contributed by atoms with Gasteiger partial charge in [0.1, 0.15) is 0 Å². The molecule has 0 bridgehead atoms. The molecular formula is C19H37ClO2. The zero-order valence-corrected chi connectivity index (χ0v) is 15.6. The number of ether oxygens (including phenoxy) is 1. The molecule has 0 aromatic rings. The van der Waals surface area contributed by atoms with Crippen molar-refractivity contribution in [3.05, 3.63) is 0 Å². The van der Waals surface area contributed by atoms with Crippen LogP contribution in [-0.2, 0) is 9.53 Å². The van der Waals surface area contributed by atoms with E-state index in [1.807, 2.05) is 7.11 Å². The van der Waals surface area contributed by atoms with Crippen molar-refractivity contribution in [3.8, 4) is 0 Å². The molecular weight excluding hydrogens is 296 g/mol. The average molecular weight is 333 g/mol. The quantitative estimate of drug-likeness (QED) is 0.220. The molecule has 2 nitrogen and oxygen atoms in total. The van der Waals surface area contributed by atoms with Gasteiger partial charge in [-0.1, -0.05) is 77.6 Å². The van der Waals surface area contributed by atoms with E-state index in [-0.39, 0.29) is 5.24 Å². The Morgan fingerprint density at radius 1 is 0.818 bits per heavy atom. The maximum absolute atomic E-state index is 10.6. The Balaban J connectivity index is 3.33. The summed E-state index contributed by atoms with van der Waals surface area (Å²) in [4.78, 5) is 10.6. The van der Waals surface area contributed by atoms with E-state index in [0.717, 1.165) is 12.8 Å². The van der Waals surface area contributed by atoms with Gasteiger partial charge in [-0.05, 0) is 30.9 Å². The van der Waals surface area contributed by atoms with Crippen LogP contribution in [0.5, 0.6) is 0 Å². The highest BCUT2D eigenvalue weighted by atomic mass is 35.5. The predicted molar refractivity (Wildman–Crippen MR) is 96.6 cm³/mol. The van der Waals surface area contributed by atoms with Crippen molar-refractivity contribution < 1.29 is 9.53 Å². The van der Waals surface area contributed by atoms with Gasteiger partial charge in [0, 0.05) is 13.5 Å². The molecule has 0 aromatic carbocycles. The first-order valence-corrected chi connectivity index (χ1v) is 9.79. The molecule has 0 aliphatic heterocycles. The van der Waals surface area contributed by atoms with Crippen molar-refractivity contribution in [1.29, 1.82) is 0 Å². The van der Waals surface area contributed by atoms with Gasteiger partial charge in [0.2, 0.25) is 5.24 Å². The summed E-state index contributed by atoms with van der Waals surface area (Å²) < 4.78 is 5.60. The standard InChI is InChI=1S/C19H37ClO2/c1-3-4-5-6-9-12-15-18(22-2)16-13-10-7-8-11-14-17-19(20)21/h18H,3-17H2,1-2H3. The zero-order valence-electron chi connectivity index (χ0n) is 14.9. The Bertz CT molecular complexity index is 244. The van der Waals surface area contributed by atoms with Crippen LogP contribution in [0.2, 0.25) is 0 Å². The molecule has 0 aliphatic carbocycles. The third kappa shape index (κ3) is 16.3. The highest BCUT2D eigenvalue weighted by Crippen LogP contribution is 2.16. The summed E-state index contributed by atoms with van der Waals surface area (Å²) in [5.41, 5.74) is 0. The van der Waals surface area contributed by atoms with E-state index in [0.29, 0.717) is 12.5 Å². The Morgan fingerprint density at radius 3 is 1.73 bits per heavy atom. The van der Waals surface area contributed by atoms with Crippen LogP contribution in [0.3, 0.4) is 0 Å². The van der Waals surface area contributed by atoms with E-state index >= 15 is 0 Å². The predicted octanol–water partition coefficient (Wildman–Crippen LogP) is 6.64. The van der Waals surface area contributed by atoms with E-state index in [2.05, 4.69) is 6.92 Å². The van der Waals surface area contributed by atoms with Crippen molar-refractivity contribution in [2.24, 2.45) is 0 Å². The van der Waals surface area contributed by atoms with Crippen LogP contribution in [0.25, 0.3) is 0 Å². The Kier molecular flexibility index (Phi) is 17.2. The minimum Gasteiger partial charge on any atom is -0.381 e. The summed E-state index contributed by atoms with van der Waals surface area (Å²) in [5, 5.41) is -0.197. The first-order chi connectivity index (χ1) is 10.7. The SMILES string of the molecule is CCCCCCCCC(CCCCCCCCC(=O)Cl)OC. The molecule has 1 atom stereocenters. The first-order valence-electron chi connectivity index (χ1n) is 9.41. The summed E-state index contributed by atoms with van der Waals surface area (Å²) in [7, 11) is 1.85. The van der Waals surface area contributed by atoms with E-state index in [1.165, 1.54) is 77.0 Å². The number of rotatable bonds is 17. The zero-order chi connectivity index (χ0) is 16.5. The summed E-state index contributed by atoms with van der Waals surface area (Å²) in [5.74, 6) is 0. The lowest BCUT2D eigenvalue weighted by Crippen LogP contribution is -2.10. The van der Waals surface area contributed by atoms with Gasteiger partial charge in [0.15, 0.2) is 0 Å². The Labute approximate surface area is 143 Å². The lowest BCUT2D eigenvalue weighted by molar-refractivity contribution is -0.111. The Morgan fingerprint density at radius 2 is 1.27 bits per heavy atom. The number of hydrogen-bond donors (Lipinski definition) is 0.